The number of imide groups is 1. The van der Waals surface area contributed by atoms with Gasteiger partial charge in [0, 0.05) is 24.7 Å². The average molecular weight is 297 g/mol. The molecule has 0 spiro atoms. The first-order chi connectivity index (χ1) is 10.5. The summed E-state index contributed by atoms with van der Waals surface area (Å²) in [5, 5.41) is 0. The third kappa shape index (κ3) is 1.59. The molecule has 0 radical (unpaired) electrons. The van der Waals surface area contributed by atoms with Crippen molar-refractivity contribution in [2.75, 3.05) is 4.90 Å². The number of anilines is 1. The van der Waals surface area contributed by atoms with Crippen molar-refractivity contribution in [1.29, 1.82) is 0 Å². The van der Waals surface area contributed by atoms with Gasteiger partial charge >= 0.3 is 0 Å². The number of aryl methyl sites for hydroxylation is 1. The van der Waals surface area contributed by atoms with Crippen LogP contribution in [0.15, 0.2) is 24.3 Å². The van der Waals surface area contributed by atoms with Gasteiger partial charge in [0.1, 0.15) is 11.6 Å². The van der Waals surface area contributed by atoms with Crippen molar-refractivity contribution in [3.8, 4) is 0 Å². The highest BCUT2D eigenvalue weighted by atomic mass is 16.2. The minimum absolute atomic E-state index is 0.0437. The number of rotatable bonds is 1. The molecule has 5 nitrogen and oxygen atoms in total. The summed E-state index contributed by atoms with van der Waals surface area (Å²) >= 11 is 0. The van der Waals surface area contributed by atoms with Crippen LogP contribution in [0.25, 0.3) is 0 Å². The van der Waals surface area contributed by atoms with Crippen LogP contribution in [0.2, 0.25) is 0 Å². The fraction of sp³-hybridized carbons (Fsp3) is 0.412. The van der Waals surface area contributed by atoms with Crippen molar-refractivity contribution in [2.45, 2.75) is 19.8 Å². The van der Waals surface area contributed by atoms with Gasteiger partial charge < -0.3 is 0 Å². The number of fused-ring (bicyclic) bond motifs is 2. The Kier molecular flexibility index (Phi) is 2.64. The molecule has 1 aliphatic heterocycles. The van der Waals surface area contributed by atoms with Gasteiger partial charge in [0.05, 0.1) is 17.5 Å². The third-order valence-corrected chi connectivity index (χ3v) is 5.23. The third-order valence-electron chi connectivity index (χ3n) is 5.23. The highest BCUT2D eigenvalue weighted by molar-refractivity contribution is 6.25. The van der Waals surface area contributed by atoms with E-state index >= 15 is 0 Å². The Bertz CT molecular complexity index is 681. The molecule has 1 saturated heterocycles. The van der Waals surface area contributed by atoms with E-state index in [9.17, 15) is 19.2 Å². The molecule has 1 aromatic rings. The van der Waals surface area contributed by atoms with E-state index in [0.717, 1.165) is 5.56 Å². The monoisotopic (exact) mass is 297 g/mol. The van der Waals surface area contributed by atoms with Crippen molar-refractivity contribution in [2.24, 2.45) is 23.7 Å². The molecule has 4 fully saturated rings. The maximum atomic E-state index is 12.7. The van der Waals surface area contributed by atoms with Crippen LogP contribution < -0.4 is 4.90 Å². The van der Waals surface area contributed by atoms with Crippen LogP contribution in [0.1, 0.15) is 18.4 Å². The SMILES string of the molecule is Cc1ccc(N2C(=O)[C@@H]3[C@@H](C2=O)[C@H]2CC(=O)[C@@H]3CC2=O)cc1. The van der Waals surface area contributed by atoms with Crippen molar-refractivity contribution in [1.82, 2.24) is 0 Å². The molecule has 0 N–H and O–H groups in total. The van der Waals surface area contributed by atoms with Gasteiger partial charge in [0.25, 0.3) is 0 Å². The quantitative estimate of drug-likeness (QED) is 0.732. The van der Waals surface area contributed by atoms with E-state index in [-0.39, 0.29) is 36.2 Å². The van der Waals surface area contributed by atoms with Crippen molar-refractivity contribution >= 4 is 29.1 Å². The molecule has 112 valence electrons. The number of carbonyl (C=O) groups excluding carboxylic acids is 4. The van der Waals surface area contributed by atoms with Crippen LogP contribution in [0, 0.1) is 30.6 Å². The van der Waals surface area contributed by atoms with E-state index in [1.54, 1.807) is 12.1 Å². The molecular weight excluding hydrogens is 282 g/mol. The van der Waals surface area contributed by atoms with Gasteiger partial charge in [-0.15, -0.1) is 0 Å². The number of hydrogen-bond acceptors (Lipinski definition) is 4. The predicted octanol–water partition coefficient (Wildman–Crippen LogP) is 1.28. The summed E-state index contributed by atoms with van der Waals surface area (Å²) in [6.45, 7) is 1.93. The Labute approximate surface area is 127 Å². The summed E-state index contributed by atoms with van der Waals surface area (Å²) in [6.07, 6.45) is 0.233. The van der Waals surface area contributed by atoms with E-state index in [0.29, 0.717) is 5.69 Å². The molecule has 1 heterocycles. The second-order valence-corrected chi connectivity index (χ2v) is 6.45. The second-order valence-electron chi connectivity index (χ2n) is 6.45. The molecule has 2 amide bonds. The molecule has 5 heteroatoms. The molecule has 5 rings (SSSR count). The van der Waals surface area contributed by atoms with Gasteiger partial charge in [0.15, 0.2) is 0 Å². The smallest absolute Gasteiger partial charge is 0.238 e. The molecule has 3 aliphatic carbocycles. The maximum absolute atomic E-state index is 12.7. The average Bonchev–Trinajstić information content (AvgIpc) is 2.75. The predicted molar refractivity (Wildman–Crippen MR) is 76.9 cm³/mol. The van der Waals surface area contributed by atoms with Crippen LogP contribution >= 0.6 is 0 Å². The number of carbonyl (C=O) groups is 4. The lowest BCUT2D eigenvalue weighted by Gasteiger charge is -2.40. The fourth-order valence-corrected chi connectivity index (χ4v) is 4.13. The normalized spacial score (nSPS) is 33.6. The fourth-order valence-electron chi connectivity index (χ4n) is 4.13. The lowest BCUT2D eigenvalue weighted by atomic mass is 9.58. The van der Waals surface area contributed by atoms with Crippen LogP contribution in [0.4, 0.5) is 5.69 Å². The summed E-state index contributed by atoms with van der Waals surface area (Å²) in [4.78, 5) is 50.7. The zero-order chi connectivity index (χ0) is 15.6. The second kappa shape index (κ2) is 4.35. The Morgan fingerprint density at radius 2 is 1.27 bits per heavy atom. The summed E-state index contributed by atoms with van der Waals surface area (Å²) < 4.78 is 0. The standard InChI is InChI=1S/C17H15NO4/c1-8-2-4-9(5-3-8)18-16(21)14-10-6-12(19)11(7-13(10)20)15(14)17(18)22/h2-5,10-11,14-15H,6-7H2,1H3/t10-,11-,14-,15-/m0/s1. The summed E-state index contributed by atoms with van der Waals surface area (Å²) in [5.41, 5.74) is 1.56. The molecule has 2 bridgehead atoms. The van der Waals surface area contributed by atoms with Crippen LogP contribution in [-0.2, 0) is 19.2 Å². The van der Waals surface area contributed by atoms with Gasteiger partial charge in [-0.25, -0.2) is 0 Å². The lowest BCUT2D eigenvalue weighted by molar-refractivity contribution is -0.153. The molecular formula is C17H15NO4. The number of ketones is 2. The topological polar surface area (TPSA) is 71.5 Å². The first-order valence-electron chi connectivity index (χ1n) is 7.49. The highest BCUT2D eigenvalue weighted by Crippen LogP contribution is 2.50. The van der Waals surface area contributed by atoms with Crippen LogP contribution in [0.3, 0.4) is 0 Å². The Hall–Kier alpha value is -2.30. The summed E-state index contributed by atoms with van der Waals surface area (Å²) in [7, 11) is 0. The number of benzene rings is 1. The molecule has 3 saturated carbocycles. The van der Waals surface area contributed by atoms with E-state index < -0.39 is 23.7 Å². The van der Waals surface area contributed by atoms with Gasteiger partial charge in [-0.3, -0.25) is 24.1 Å². The van der Waals surface area contributed by atoms with Crippen LogP contribution in [0.5, 0.6) is 0 Å². The van der Waals surface area contributed by atoms with E-state index in [4.69, 9.17) is 0 Å². The molecule has 22 heavy (non-hydrogen) atoms. The van der Waals surface area contributed by atoms with Gasteiger partial charge in [0.2, 0.25) is 11.8 Å². The molecule has 4 atom stereocenters. The largest absolute Gasteiger partial charge is 0.299 e. The number of Topliss-reactive ketones (excluding diaryl/α,β-unsaturated/α-hetero) is 2. The van der Waals surface area contributed by atoms with Crippen molar-refractivity contribution < 1.29 is 19.2 Å². The summed E-state index contributed by atoms with van der Waals surface area (Å²) in [5.74, 6) is -3.22. The first kappa shape index (κ1) is 13.4. The minimum Gasteiger partial charge on any atom is -0.299 e. The van der Waals surface area contributed by atoms with Gasteiger partial charge in [-0.05, 0) is 19.1 Å². The van der Waals surface area contributed by atoms with Gasteiger partial charge in [-0.2, -0.15) is 0 Å². The minimum atomic E-state index is -0.641. The Morgan fingerprint density at radius 3 is 1.73 bits per heavy atom. The number of amides is 2. The molecule has 4 aliphatic rings. The zero-order valence-electron chi connectivity index (χ0n) is 12.1. The Balaban J connectivity index is 1.78. The maximum Gasteiger partial charge on any atom is 0.238 e. The Morgan fingerprint density at radius 1 is 0.818 bits per heavy atom. The highest BCUT2D eigenvalue weighted by Gasteiger charge is 2.63. The molecule has 1 aromatic carbocycles. The van der Waals surface area contributed by atoms with Gasteiger partial charge in [-0.1, -0.05) is 17.7 Å². The van der Waals surface area contributed by atoms with E-state index in [2.05, 4.69) is 0 Å². The van der Waals surface area contributed by atoms with Crippen LogP contribution in [-0.4, -0.2) is 23.4 Å². The van der Waals surface area contributed by atoms with Crippen molar-refractivity contribution in [3.63, 3.8) is 0 Å². The lowest BCUT2D eigenvalue weighted by Crippen LogP contribution is -2.51. The zero-order valence-corrected chi connectivity index (χ0v) is 12.1. The van der Waals surface area contributed by atoms with Crippen molar-refractivity contribution in [3.05, 3.63) is 29.8 Å². The first-order valence-corrected chi connectivity index (χ1v) is 7.49. The molecule has 0 aromatic heterocycles. The summed E-state index contributed by atoms with van der Waals surface area (Å²) in [6, 6.07) is 7.13. The number of hydrogen-bond donors (Lipinski definition) is 0. The number of nitrogens with zero attached hydrogens (tertiary/aromatic N) is 1. The van der Waals surface area contributed by atoms with E-state index in [1.807, 2.05) is 19.1 Å². The molecule has 0 unspecified atom stereocenters. The van der Waals surface area contributed by atoms with E-state index in [1.165, 1.54) is 4.90 Å².